The standard InChI is InChI=1S/C16H15FN4O/c1-16(2,3)15-19-7-6-13(21-15)20-14(22)10-4-5-12(17)11(8-10)9-18/h4-8H,1-3H3,(H,19,20,21,22). The van der Waals surface area contributed by atoms with Gasteiger partial charge in [-0.3, -0.25) is 4.79 Å². The maximum Gasteiger partial charge on any atom is 0.256 e. The Kier molecular flexibility index (Phi) is 4.18. The summed E-state index contributed by atoms with van der Waals surface area (Å²) in [5.41, 5.74) is -0.232. The average Bonchev–Trinajstić information content (AvgIpc) is 2.47. The summed E-state index contributed by atoms with van der Waals surface area (Å²) in [6.07, 6.45) is 1.56. The molecule has 1 aromatic carbocycles. The predicted octanol–water partition coefficient (Wildman–Crippen LogP) is 3.04. The van der Waals surface area contributed by atoms with Crippen molar-refractivity contribution in [2.24, 2.45) is 0 Å². The molecule has 1 amide bonds. The molecule has 2 rings (SSSR count). The number of amides is 1. The summed E-state index contributed by atoms with van der Waals surface area (Å²) in [7, 11) is 0. The van der Waals surface area contributed by atoms with Gasteiger partial charge in [-0.2, -0.15) is 5.26 Å². The van der Waals surface area contributed by atoms with E-state index in [0.29, 0.717) is 11.6 Å². The van der Waals surface area contributed by atoms with Crippen LogP contribution in [0.4, 0.5) is 10.2 Å². The monoisotopic (exact) mass is 298 g/mol. The van der Waals surface area contributed by atoms with Crippen LogP contribution >= 0.6 is 0 Å². The van der Waals surface area contributed by atoms with Crippen molar-refractivity contribution >= 4 is 11.7 Å². The van der Waals surface area contributed by atoms with Crippen LogP contribution in [0.2, 0.25) is 0 Å². The van der Waals surface area contributed by atoms with Crippen LogP contribution in [-0.4, -0.2) is 15.9 Å². The molecule has 0 aliphatic heterocycles. The Morgan fingerprint density at radius 3 is 2.68 bits per heavy atom. The number of halogens is 1. The number of anilines is 1. The molecule has 0 atom stereocenters. The minimum absolute atomic E-state index is 0.175. The van der Waals surface area contributed by atoms with Gasteiger partial charge in [0.05, 0.1) is 5.56 Å². The van der Waals surface area contributed by atoms with Crippen LogP contribution in [0.25, 0.3) is 0 Å². The Morgan fingerprint density at radius 1 is 1.32 bits per heavy atom. The van der Waals surface area contributed by atoms with Crippen molar-refractivity contribution in [1.82, 2.24) is 9.97 Å². The van der Waals surface area contributed by atoms with Gasteiger partial charge in [-0.1, -0.05) is 20.8 Å². The summed E-state index contributed by atoms with van der Waals surface area (Å²) < 4.78 is 13.3. The molecule has 1 heterocycles. The van der Waals surface area contributed by atoms with Crippen LogP contribution < -0.4 is 5.32 Å². The van der Waals surface area contributed by atoms with Crippen LogP contribution in [0.1, 0.15) is 42.5 Å². The number of carbonyl (C=O) groups is 1. The third-order valence-electron chi connectivity index (χ3n) is 2.92. The van der Waals surface area contributed by atoms with Gasteiger partial charge in [-0.25, -0.2) is 14.4 Å². The average molecular weight is 298 g/mol. The molecule has 22 heavy (non-hydrogen) atoms. The molecule has 0 fully saturated rings. The van der Waals surface area contributed by atoms with Gasteiger partial charge in [0.15, 0.2) is 0 Å². The van der Waals surface area contributed by atoms with Crippen molar-refractivity contribution in [3.63, 3.8) is 0 Å². The number of hydrogen-bond acceptors (Lipinski definition) is 4. The number of nitrogens with one attached hydrogen (secondary N) is 1. The van der Waals surface area contributed by atoms with Crippen molar-refractivity contribution < 1.29 is 9.18 Å². The highest BCUT2D eigenvalue weighted by Crippen LogP contribution is 2.19. The zero-order valence-electron chi connectivity index (χ0n) is 12.5. The largest absolute Gasteiger partial charge is 0.306 e. The first-order valence-electron chi connectivity index (χ1n) is 6.66. The molecule has 112 valence electrons. The van der Waals surface area contributed by atoms with Gasteiger partial charge < -0.3 is 5.32 Å². The SMILES string of the molecule is CC(C)(C)c1nccc(NC(=O)c2ccc(F)c(C#N)c2)n1. The van der Waals surface area contributed by atoms with E-state index >= 15 is 0 Å². The summed E-state index contributed by atoms with van der Waals surface area (Å²) in [6.45, 7) is 5.90. The molecule has 0 aliphatic carbocycles. The van der Waals surface area contributed by atoms with E-state index in [2.05, 4.69) is 15.3 Å². The number of nitriles is 1. The van der Waals surface area contributed by atoms with Gasteiger partial charge in [0, 0.05) is 17.2 Å². The second-order valence-electron chi connectivity index (χ2n) is 5.78. The maximum atomic E-state index is 13.3. The Bertz CT molecular complexity index is 759. The summed E-state index contributed by atoms with van der Waals surface area (Å²) in [5.74, 6) is -0.166. The summed E-state index contributed by atoms with van der Waals surface area (Å²) in [4.78, 5) is 20.6. The molecule has 0 aliphatic rings. The Balaban J connectivity index is 2.25. The molecular formula is C16H15FN4O. The highest BCUT2D eigenvalue weighted by molar-refractivity contribution is 6.03. The fourth-order valence-corrected chi connectivity index (χ4v) is 1.73. The first kappa shape index (κ1) is 15.6. The van der Waals surface area contributed by atoms with Crippen molar-refractivity contribution in [1.29, 1.82) is 5.26 Å². The van der Waals surface area contributed by atoms with Gasteiger partial charge in [0.1, 0.15) is 23.5 Å². The van der Waals surface area contributed by atoms with E-state index in [1.54, 1.807) is 18.3 Å². The topological polar surface area (TPSA) is 78.7 Å². The number of benzene rings is 1. The number of nitrogens with zero attached hydrogens (tertiary/aromatic N) is 3. The molecule has 0 unspecified atom stereocenters. The van der Waals surface area contributed by atoms with Crippen LogP contribution in [0.5, 0.6) is 0 Å². The van der Waals surface area contributed by atoms with Crippen LogP contribution in [0, 0.1) is 17.1 Å². The summed E-state index contributed by atoms with van der Waals surface area (Å²) >= 11 is 0. The first-order chi connectivity index (χ1) is 10.3. The van der Waals surface area contributed by atoms with Gasteiger partial charge in [0.2, 0.25) is 0 Å². The smallest absolute Gasteiger partial charge is 0.256 e. The molecule has 2 aromatic rings. The number of hydrogen-bond donors (Lipinski definition) is 1. The van der Waals surface area contributed by atoms with Crippen molar-refractivity contribution in [3.05, 3.63) is 53.2 Å². The molecular weight excluding hydrogens is 283 g/mol. The molecule has 0 radical (unpaired) electrons. The van der Waals surface area contributed by atoms with Gasteiger partial charge in [0.25, 0.3) is 5.91 Å². The van der Waals surface area contributed by atoms with Gasteiger partial charge in [-0.05, 0) is 24.3 Å². The van der Waals surface area contributed by atoms with E-state index in [4.69, 9.17) is 5.26 Å². The lowest BCUT2D eigenvalue weighted by Crippen LogP contribution is -2.19. The minimum atomic E-state index is -0.656. The number of rotatable bonds is 2. The van der Waals surface area contributed by atoms with Crippen molar-refractivity contribution in [2.75, 3.05) is 5.32 Å². The molecule has 1 N–H and O–H groups in total. The lowest BCUT2D eigenvalue weighted by molar-refractivity contribution is 0.102. The van der Waals surface area contributed by atoms with E-state index in [9.17, 15) is 9.18 Å². The lowest BCUT2D eigenvalue weighted by atomic mass is 9.96. The highest BCUT2D eigenvalue weighted by atomic mass is 19.1. The van der Waals surface area contributed by atoms with Gasteiger partial charge in [-0.15, -0.1) is 0 Å². The summed E-state index contributed by atoms with van der Waals surface area (Å²) in [6, 6.07) is 6.89. The third-order valence-corrected chi connectivity index (χ3v) is 2.92. The van der Waals surface area contributed by atoms with E-state index < -0.39 is 11.7 Å². The molecule has 6 heteroatoms. The number of carbonyl (C=O) groups excluding carboxylic acids is 1. The Labute approximate surface area is 127 Å². The van der Waals surface area contributed by atoms with E-state index in [0.717, 1.165) is 6.07 Å². The zero-order chi connectivity index (χ0) is 16.3. The Hall–Kier alpha value is -2.81. The second kappa shape index (κ2) is 5.90. The minimum Gasteiger partial charge on any atom is -0.306 e. The van der Waals surface area contributed by atoms with Gasteiger partial charge >= 0.3 is 0 Å². The highest BCUT2D eigenvalue weighted by Gasteiger charge is 2.18. The maximum absolute atomic E-state index is 13.3. The van der Waals surface area contributed by atoms with Crippen molar-refractivity contribution in [3.8, 4) is 6.07 Å². The van der Waals surface area contributed by atoms with Crippen LogP contribution in [0.3, 0.4) is 0 Å². The number of aromatic nitrogens is 2. The zero-order valence-corrected chi connectivity index (χ0v) is 12.5. The van der Waals surface area contributed by atoms with Crippen LogP contribution in [-0.2, 0) is 5.41 Å². The molecule has 1 aromatic heterocycles. The molecule has 0 saturated carbocycles. The van der Waals surface area contributed by atoms with Crippen LogP contribution in [0.15, 0.2) is 30.5 Å². The molecule has 0 bridgehead atoms. The normalized spacial score (nSPS) is 10.9. The van der Waals surface area contributed by atoms with E-state index in [1.165, 1.54) is 12.1 Å². The third kappa shape index (κ3) is 3.44. The fourth-order valence-electron chi connectivity index (χ4n) is 1.73. The summed E-state index contributed by atoms with van der Waals surface area (Å²) in [5, 5.41) is 11.4. The van der Waals surface area contributed by atoms with E-state index in [1.807, 2.05) is 20.8 Å². The fraction of sp³-hybridized carbons (Fsp3) is 0.250. The van der Waals surface area contributed by atoms with Crippen molar-refractivity contribution in [2.45, 2.75) is 26.2 Å². The Morgan fingerprint density at radius 2 is 2.05 bits per heavy atom. The molecule has 0 saturated heterocycles. The molecule has 5 nitrogen and oxygen atoms in total. The quantitative estimate of drug-likeness (QED) is 0.924. The lowest BCUT2D eigenvalue weighted by Gasteiger charge is -2.16. The predicted molar refractivity (Wildman–Crippen MR) is 79.8 cm³/mol. The second-order valence-corrected chi connectivity index (χ2v) is 5.78. The van der Waals surface area contributed by atoms with E-state index in [-0.39, 0.29) is 16.5 Å². The molecule has 0 spiro atoms. The first-order valence-corrected chi connectivity index (χ1v) is 6.66.